The first-order valence-electron chi connectivity index (χ1n) is 8.22. The van der Waals surface area contributed by atoms with Gasteiger partial charge in [-0.15, -0.1) is 0 Å². The van der Waals surface area contributed by atoms with Crippen LogP contribution in [0.3, 0.4) is 0 Å². The SMILES string of the molecule is COc1ccccc1OCC(C)NCC(O)c1ccc(Cl)c(S(N)(=O)=O)c1. The molecule has 0 aliphatic carbocycles. The van der Waals surface area contributed by atoms with Crippen LogP contribution in [0.15, 0.2) is 47.4 Å². The molecule has 4 N–H and O–H groups in total. The van der Waals surface area contributed by atoms with Crippen LogP contribution in [0.4, 0.5) is 0 Å². The Bertz CT molecular complexity index is 876. The minimum atomic E-state index is -3.96. The summed E-state index contributed by atoms with van der Waals surface area (Å²) in [7, 11) is -2.39. The summed E-state index contributed by atoms with van der Waals surface area (Å²) in [4.78, 5) is -0.215. The largest absolute Gasteiger partial charge is 0.493 e. The topological polar surface area (TPSA) is 111 Å². The number of nitrogens with one attached hydrogen (secondary N) is 1. The third-order valence-corrected chi connectivity index (χ3v) is 5.26. The standard InChI is InChI=1S/C18H23ClN2O5S/c1-12(11-26-17-6-4-3-5-16(17)25-2)21-10-15(22)13-7-8-14(19)18(9-13)27(20,23)24/h3-9,12,15,21-22H,10-11H2,1-2H3,(H2,20,23,24). The van der Waals surface area contributed by atoms with Crippen molar-refractivity contribution in [2.75, 3.05) is 20.3 Å². The molecule has 2 rings (SSSR count). The molecule has 2 atom stereocenters. The van der Waals surface area contributed by atoms with Crippen molar-refractivity contribution in [3.63, 3.8) is 0 Å². The number of rotatable bonds is 9. The summed E-state index contributed by atoms with van der Waals surface area (Å²) in [5, 5.41) is 18.6. The molecule has 9 heteroatoms. The lowest BCUT2D eigenvalue weighted by molar-refractivity contribution is 0.163. The number of sulfonamides is 1. The van der Waals surface area contributed by atoms with E-state index in [4.69, 9.17) is 26.2 Å². The number of hydrogen-bond donors (Lipinski definition) is 3. The van der Waals surface area contributed by atoms with Gasteiger partial charge in [0.25, 0.3) is 0 Å². The molecule has 2 aromatic carbocycles. The second kappa shape index (κ2) is 9.38. The van der Waals surface area contributed by atoms with Crippen LogP contribution in [0.25, 0.3) is 0 Å². The molecule has 0 bridgehead atoms. The highest BCUT2D eigenvalue weighted by Crippen LogP contribution is 2.26. The van der Waals surface area contributed by atoms with E-state index in [1.54, 1.807) is 19.2 Å². The summed E-state index contributed by atoms with van der Waals surface area (Å²) in [6, 6.07) is 11.5. The Kier molecular flexibility index (Phi) is 7.46. The number of para-hydroxylation sites is 2. The van der Waals surface area contributed by atoms with Crippen LogP contribution >= 0.6 is 11.6 Å². The van der Waals surface area contributed by atoms with Crippen molar-refractivity contribution in [1.82, 2.24) is 5.32 Å². The fourth-order valence-electron chi connectivity index (χ4n) is 2.39. The number of hydrogen-bond acceptors (Lipinski definition) is 6. The van der Waals surface area contributed by atoms with E-state index < -0.39 is 16.1 Å². The maximum Gasteiger partial charge on any atom is 0.239 e. The first-order valence-corrected chi connectivity index (χ1v) is 10.1. The van der Waals surface area contributed by atoms with Crippen molar-refractivity contribution in [3.8, 4) is 11.5 Å². The Morgan fingerprint density at radius 2 is 1.89 bits per heavy atom. The molecule has 2 aromatic rings. The fraction of sp³-hybridized carbons (Fsp3) is 0.333. The van der Waals surface area contributed by atoms with Crippen LogP contribution in [0.5, 0.6) is 11.5 Å². The Labute approximate surface area is 164 Å². The van der Waals surface area contributed by atoms with Crippen molar-refractivity contribution >= 4 is 21.6 Å². The number of ether oxygens (including phenoxy) is 2. The van der Waals surface area contributed by atoms with E-state index in [2.05, 4.69) is 5.32 Å². The van der Waals surface area contributed by atoms with Gasteiger partial charge in [0.1, 0.15) is 11.5 Å². The lowest BCUT2D eigenvalue weighted by Crippen LogP contribution is -2.35. The van der Waals surface area contributed by atoms with E-state index in [0.717, 1.165) is 0 Å². The second-order valence-corrected chi connectivity index (χ2v) is 7.96. The van der Waals surface area contributed by atoms with Gasteiger partial charge in [-0.05, 0) is 36.8 Å². The van der Waals surface area contributed by atoms with Gasteiger partial charge in [-0.1, -0.05) is 29.8 Å². The molecule has 148 valence electrons. The molecule has 0 aliphatic rings. The summed E-state index contributed by atoms with van der Waals surface area (Å²) >= 11 is 5.85. The van der Waals surface area contributed by atoms with Gasteiger partial charge >= 0.3 is 0 Å². The van der Waals surface area contributed by atoms with E-state index in [1.807, 2.05) is 25.1 Å². The maximum atomic E-state index is 11.5. The van der Waals surface area contributed by atoms with Gasteiger partial charge in [0, 0.05) is 12.6 Å². The van der Waals surface area contributed by atoms with Gasteiger partial charge in [0.2, 0.25) is 10.0 Å². The minimum absolute atomic E-state index is 0.0139. The molecule has 0 spiro atoms. The Morgan fingerprint density at radius 1 is 1.22 bits per heavy atom. The van der Waals surface area contributed by atoms with Crippen molar-refractivity contribution in [2.45, 2.75) is 24.0 Å². The van der Waals surface area contributed by atoms with E-state index in [9.17, 15) is 13.5 Å². The number of aliphatic hydroxyl groups is 1. The summed E-state index contributed by atoms with van der Waals surface area (Å²) in [6.45, 7) is 2.46. The van der Waals surface area contributed by atoms with Gasteiger partial charge in [0.15, 0.2) is 11.5 Å². The van der Waals surface area contributed by atoms with E-state index in [1.165, 1.54) is 12.1 Å². The predicted molar refractivity (Wildman–Crippen MR) is 104 cm³/mol. The van der Waals surface area contributed by atoms with Crippen molar-refractivity contribution in [2.24, 2.45) is 5.14 Å². The van der Waals surface area contributed by atoms with Crippen LogP contribution in [0.1, 0.15) is 18.6 Å². The molecule has 0 saturated carbocycles. The molecule has 0 fully saturated rings. The molecule has 0 aromatic heterocycles. The summed E-state index contributed by atoms with van der Waals surface area (Å²) in [6.07, 6.45) is -0.934. The third kappa shape index (κ3) is 6.08. The molecule has 0 saturated heterocycles. The first kappa shape index (κ1) is 21.5. The summed E-state index contributed by atoms with van der Waals surface area (Å²) in [5.74, 6) is 1.27. The maximum absolute atomic E-state index is 11.5. The van der Waals surface area contributed by atoms with Crippen LogP contribution in [-0.4, -0.2) is 39.8 Å². The zero-order valence-electron chi connectivity index (χ0n) is 15.1. The van der Waals surface area contributed by atoms with Crippen LogP contribution in [0, 0.1) is 0 Å². The highest BCUT2D eigenvalue weighted by Gasteiger charge is 2.17. The van der Waals surface area contributed by atoms with Gasteiger partial charge < -0.3 is 19.9 Å². The smallest absolute Gasteiger partial charge is 0.239 e. The Morgan fingerprint density at radius 3 is 2.52 bits per heavy atom. The van der Waals surface area contributed by atoms with Crippen molar-refractivity contribution in [1.29, 1.82) is 0 Å². The van der Waals surface area contributed by atoms with E-state index in [0.29, 0.717) is 23.7 Å². The number of benzene rings is 2. The molecule has 7 nitrogen and oxygen atoms in total. The third-order valence-electron chi connectivity index (χ3n) is 3.86. The van der Waals surface area contributed by atoms with Gasteiger partial charge in [0.05, 0.1) is 18.2 Å². The van der Waals surface area contributed by atoms with Crippen LogP contribution in [-0.2, 0) is 10.0 Å². The van der Waals surface area contributed by atoms with Gasteiger partial charge in [-0.2, -0.15) is 0 Å². The molecule has 0 radical (unpaired) electrons. The molecule has 0 aliphatic heterocycles. The fourth-order valence-corrected chi connectivity index (χ4v) is 3.47. The first-order chi connectivity index (χ1) is 12.7. The monoisotopic (exact) mass is 414 g/mol. The molecule has 0 heterocycles. The zero-order valence-corrected chi connectivity index (χ0v) is 16.6. The molecular weight excluding hydrogens is 392 g/mol. The number of halogens is 1. The molecule has 0 amide bonds. The number of nitrogens with two attached hydrogens (primary N) is 1. The predicted octanol–water partition coefficient (Wildman–Crippen LogP) is 2.09. The van der Waals surface area contributed by atoms with Crippen molar-refractivity contribution in [3.05, 3.63) is 53.1 Å². The highest BCUT2D eigenvalue weighted by molar-refractivity contribution is 7.89. The van der Waals surface area contributed by atoms with Crippen molar-refractivity contribution < 1.29 is 23.0 Å². The normalized spacial score (nSPS) is 13.8. The van der Waals surface area contributed by atoms with Gasteiger partial charge in [-0.3, -0.25) is 0 Å². The summed E-state index contributed by atoms with van der Waals surface area (Å²) in [5.41, 5.74) is 0.397. The lowest BCUT2D eigenvalue weighted by Gasteiger charge is -2.19. The van der Waals surface area contributed by atoms with E-state index in [-0.39, 0.29) is 22.5 Å². The van der Waals surface area contributed by atoms with E-state index >= 15 is 0 Å². The Balaban J connectivity index is 1.92. The second-order valence-electron chi connectivity index (χ2n) is 6.02. The Hall–Kier alpha value is -1.84. The quantitative estimate of drug-likeness (QED) is 0.579. The zero-order chi connectivity index (χ0) is 20.0. The molecule has 2 unspecified atom stereocenters. The number of aliphatic hydroxyl groups excluding tert-OH is 1. The molecular formula is C18H23ClN2O5S. The molecule has 27 heavy (non-hydrogen) atoms. The number of methoxy groups -OCH3 is 1. The minimum Gasteiger partial charge on any atom is -0.493 e. The number of primary sulfonamides is 1. The highest BCUT2D eigenvalue weighted by atomic mass is 35.5. The average molecular weight is 415 g/mol. The van der Waals surface area contributed by atoms with Crippen LogP contribution in [0.2, 0.25) is 5.02 Å². The lowest BCUT2D eigenvalue weighted by atomic mass is 10.1. The average Bonchev–Trinajstić information content (AvgIpc) is 2.64. The summed E-state index contributed by atoms with van der Waals surface area (Å²) < 4.78 is 34.0. The van der Waals surface area contributed by atoms with Gasteiger partial charge in [-0.25, -0.2) is 13.6 Å². The van der Waals surface area contributed by atoms with Crippen LogP contribution < -0.4 is 19.9 Å².